The second-order valence-electron chi connectivity index (χ2n) is 10.8. The second kappa shape index (κ2) is 11.8. The van der Waals surface area contributed by atoms with Crippen LogP contribution in [0.5, 0.6) is 0 Å². The molecule has 0 radical (unpaired) electrons. The summed E-state index contributed by atoms with van der Waals surface area (Å²) in [7, 11) is 1.99. The number of hydrogen-bond donors (Lipinski definition) is 1. The first kappa shape index (κ1) is 29.7. The maximum absolute atomic E-state index is 15.7. The summed E-state index contributed by atoms with van der Waals surface area (Å²) in [5.41, 5.74) is -1.10. The van der Waals surface area contributed by atoms with Gasteiger partial charge < -0.3 is 19.9 Å². The number of alkyl halides is 3. The van der Waals surface area contributed by atoms with E-state index >= 15 is 4.39 Å². The molecule has 1 aromatic heterocycles. The first-order valence-electron chi connectivity index (χ1n) is 13.7. The Labute approximate surface area is 240 Å². The molecule has 3 aromatic rings. The topological polar surface area (TPSA) is 60.9 Å². The molecule has 0 bridgehead atoms. The molecular formula is C30H32F5N5O2. The van der Waals surface area contributed by atoms with Crippen LogP contribution in [0.25, 0.3) is 11.1 Å². The summed E-state index contributed by atoms with van der Waals surface area (Å²) >= 11 is 0. The summed E-state index contributed by atoms with van der Waals surface area (Å²) in [6.07, 6.45) is -3.43. The van der Waals surface area contributed by atoms with E-state index in [9.17, 15) is 22.4 Å². The molecule has 2 aliphatic rings. The highest BCUT2D eigenvalue weighted by molar-refractivity contribution is 6.07. The van der Waals surface area contributed by atoms with Gasteiger partial charge >= 0.3 is 6.18 Å². The van der Waals surface area contributed by atoms with Gasteiger partial charge in [0.25, 0.3) is 5.91 Å². The normalized spacial score (nSPS) is 20.1. The quantitative estimate of drug-likeness (QED) is 0.388. The summed E-state index contributed by atoms with van der Waals surface area (Å²) in [5, 5.41) is 2.57. The minimum atomic E-state index is -4.96. The van der Waals surface area contributed by atoms with Crippen LogP contribution in [0.1, 0.15) is 29.8 Å². The number of pyridine rings is 1. The van der Waals surface area contributed by atoms with Crippen LogP contribution in [0.2, 0.25) is 0 Å². The van der Waals surface area contributed by atoms with Crippen LogP contribution in [0.15, 0.2) is 48.7 Å². The van der Waals surface area contributed by atoms with Gasteiger partial charge in [-0.1, -0.05) is 0 Å². The van der Waals surface area contributed by atoms with E-state index in [1.807, 2.05) is 25.8 Å². The monoisotopic (exact) mass is 589 g/mol. The highest BCUT2D eigenvalue weighted by Crippen LogP contribution is 2.38. The maximum atomic E-state index is 15.7. The number of ether oxygens (including phenoxy) is 1. The number of aromatic nitrogens is 1. The third-order valence-corrected chi connectivity index (χ3v) is 7.96. The average Bonchev–Trinajstić information content (AvgIpc) is 2.96. The number of likely N-dealkylation sites (N-methyl/N-ethyl adjacent to an activating group) is 1. The van der Waals surface area contributed by atoms with Gasteiger partial charge in [-0.05, 0) is 63.4 Å². The Morgan fingerprint density at radius 1 is 0.976 bits per heavy atom. The summed E-state index contributed by atoms with van der Waals surface area (Å²) in [6.45, 7) is 7.55. The van der Waals surface area contributed by atoms with Gasteiger partial charge in [-0.25, -0.2) is 13.8 Å². The molecule has 7 nitrogen and oxygen atoms in total. The fourth-order valence-electron chi connectivity index (χ4n) is 5.41. The van der Waals surface area contributed by atoms with Crippen molar-refractivity contribution in [1.29, 1.82) is 0 Å². The van der Waals surface area contributed by atoms with Crippen LogP contribution in [-0.2, 0) is 10.9 Å². The number of carbonyl (C=O) groups is 1. The fourth-order valence-corrected chi connectivity index (χ4v) is 5.41. The number of amides is 1. The number of nitrogens with zero attached hydrogens (tertiary/aromatic N) is 4. The van der Waals surface area contributed by atoms with Crippen LogP contribution in [0.4, 0.5) is 39.1 Å². The highest BCUT2D eigenvalue weighted by atomic mass is 19.4. The number of rotatable bonds is 5. The molecule has 0 saturated carbocycles. The lowest BCUT2D eigenvalue weighted by Crippen LogP contribution is -2.55. The first-order valence-corrected chi connectivity index (χ1v) is 13.7. The Hall–Kier alpha value is -3.77. The molecule has 3 heterocycles. The molecule has 2 fully saturated rings. The molecule has 12 heteroatoms. The number of piperazine rings is 1. The predicted octanol–water partition coefficient (Wildman–Crippen LogP) is 5.66. The lowest BCUT2D eigenvalue weighted by atomic mass is 10.0. The minimum absolute atomic E-state index is 0.0888. The van der Waals surface area contributed by atoms with Crippen molar-refractivity contribution in [2.75, 3.05) is 61.6 Å². The van der Waals surface area contributed by atoms with E-state index in [-0.39, 0.29) is 29.4 Å². The zero-order chi connectivity index (χ0) is 30.2. The third-order valence-electron chi connectivity index (χ3n) is 7.96. The molecule has 2 atom stereocenters. The summed E-state index contributed by atoms with van der Waals surface area (Å²) in [6, 6.07) is 8.25. The predicted molar refractivity (Wildman–Crippen MR) is 151 cm³/mol. The van der Waals surface area contributed by atoms with Gasteiger partial charge in [-0.3, -0.25) is 9.69 Å². The fraction of sp³-hybridized carbons (Fsp3) is 0.400. The maximum Gasteiger partial charge on any atom is 0.417 e. The van der Waals surface area contributed by atoms with Crippen molar-refractivity contribution < 1.29 is 31.5 Å². The van der Waals surface area contributed by atoms with Crippen LogP contribution in [-0.4, -0.2) is 74.3 Å². The third kappa shape index (κ3) is 6.19. The Kier molecular flexibility index (Phi) is 8.38. The van der Waals surface area contributed by atoms with Crippen molar-refractivity contribution >= 4 is 23.1 Å². The van der Waals surface area contributed by atoms with Crippen LogP contribution in [0, 0.1) is 11.6 Å². The van der Waals surface area contributed by atoms with E-state index in [0.29, 0.717) is 56.5 Å². The summed E-state index contributed by atoms with van der Waals surface area (Å²) in [5.74, 6) is -2.06. The van der Waals surface area contributed by atoms with E-state index in [1.165, 1.54) is 18.3 Å². The number of hydrogen-bond acceptors (Lipinski definition) is 6. The zero-order valence-electron chi connectivity index (χ0n) is 23.5. The van der Waals surface area contributed by atoms with Gasteiger partial charge in [0, 0.05) is 55.6 Å². The lowest BCUT2D eigenvalue weighted by molar-refractivity contribution is -0.138. The molecular weight excluding hydrogens is 557 g/mol. The van der Waals surface area contributed by atoms with Crippen molar-refractivity contribution in [3.05, 3.63) is 71.4 Å². The number of benzene rings is 2. The molecule has 42 heavy (non-hydrogen) atoms. The Morgan fingerprint density at radius 3 is 2.29 bits per heavy atom. The molecule has 0 aliphatic carbocycles. The number of carbonyl (C=O) groups excluding carboxylic acids is 1. The number of anilines is 3. The number of nitrogens with one attached hydrogen (secondary N) is 1. The van der Waals surface area contributed by atoms with E-state index in [2.05, 4.69) is 20.1 Å². The van der Waals surface area contributed by atoms with Gasteiger partial charge in [0.15, 0.2) is 0 Å². The van der Waals surface area contributed by atoms with Crippen molar-refractivity contribution in [3.8, 4) is 11.1 Å². The van der Waals surface area contributed by atoms with Crippen LogP contribution in [0.3, 0.4) is 0 Å². The lowest BCUT2D eigenvalue weighted by Gasteiger charge is -2.44. The van der Waals surface area contributed by atoms with Crippen molar-refractivity contribution in [2.45, 2.75) is 32.1 Å². The molecule has 5 rings (SSSR count). The number of halogens is 5. The minimum Gasteiger partial charge on any atom is -0.378 e. The molecule has 2 aromatic carbocycles. The SMILES string of the molecule is C[C@@H]1CN(c2cc(F)c(-c3ccc(N4CCOCC4)nc3)cc2NC(=O)c2ccc(F)cc2C(F)(F)F)C[C@H](C)N1C. The Morgan fingerprint density at radius 2 is 1.67 bits per heavy atom. The molecule has 0 spiro atoms. The number of morpholine rings is 1. The molecule has 1 amide bonds. The smallest absolute Gasteiger partial charge is 0.378 e. The van der Waals surface area contributed by atoms with Crippen molar-refractivity contribution in [3.63, 3.8) is 0 Å². The van der Waals surface area contributed by atoms with E-state index in [1.54, 1.807) is 12.1 Å². The molecule has 2 saturated heterocycles. The van der Waals surface area contributed by atoms with Gasteiger partial charge in [0.05, 0.1) is 35.7 Å². The molecule has 0 unspecified atom stereocenters. The Balaban J connectivity index is 1.54. The van der Waals surface area contributed by atoms with E-state index < -0.39 is 34.8 Å². The zero-order valence-corrected chi connectivity index (χ0v) is 23.5. The molecule has 224 valence electrons. The van der Waals surface area contributed by atoms with Crippen LogP contribution < -0.4 is 15.1 Å². The Bertz CT molecular complexity index is 1430. The van der Waals surface area contributed by atoms with Gasteiger partial charge in [0.2, 0.25) is 0 Å². The first-order chi connectivity index (χ1) is 19.9. The molecule has 1 N–H and O–H groups in total. The van der Waals surface area contributed by atoms with Crippen molar-refractivity contribution in [1.82, 2.24) is 9.88 Å². The van der Waals surface area contributed by atoms with Gasteiger partial charge in [-0.2, -0.15) is 13.2 Å². The van der Waals surface area contributed by atoms with Crippen molar-refractivity contribution in [2.24, 2.45) is 0 Å². The standard InChI is InChI=1S/C30H32F5N5O2/c1-18-16-40(17-19(2)38(18)3)27-14-25(32)23(20-4-7-28(36-15-20)39-8-10-42-11-9-39)13-26(27)37-29(41)22-6-5-21(31)12-24(22)30(33,34)35/h4-7,12-15,18-19H,8-11,16-17H2,1-3H3,(H,37,41)/t18-,19+. The van der Waals surface area contributed by atoms with E-state index in [4.69, 9.17) is 4.74 Å². The average molecular weight is 590 g/mol. The van der Waals surface area contributed by atoms with Crippen LogP contribution >= 0.6 is 0 Å². The van der Waals surface area contributed by atoms with E-state index in [0.717, 1.165) is 12.1 Å². The second-order valence-corrected chi connectivity index (χ2v) is 10.8. The largest absolute Gasteiger partial charge is 0.417 e. The highest BCUT2D eigenvalue weighted by Gasteiger charge is 2.36. The summed E-state index contributed by atoms with van der Waals surface area (Å²) in [4.78, 5) is 23.9. The van der Waals surface area contributed by atoms with Gasteiger partial charge in [-0.15, -0.1) is 0 Å². The van der Waals surface area contributed by atoms with Gasteiger partial charge in [0.1, 0.15) is 17.5 Å². The molecule has 2 aliphatic heterocycles. The summed E-state index contributed by atoms with van der Waals surface area (Å²) < 4.78 is 75.9.